The maximum atomic E-state index is 10.4. The summed E-state index contributed by atoms with van der Waals surface area (Å²) in [7, 11) is -2.57. The fourth-order valence-electron chi connectivity index (χ4n) is 0.550. The van der Waals surface area contributed by atoms with Gasteiger partial charge in [0.2, 0.25) is 0 Å². The Kier molecular flexibility index (Phi) is 2.29. The van der Waals surface area contributed by atoms with E-state index in [0.29, 0.717) is 0 Å². The lowest BCUT2D eigenvalue weighted by Crippen LogP contribution is -1.79. The van der Waals surface area contributed by atoms with Gasteiger partial charge in [-0.2, -0.15) is 0 Å². The molecule has 4 heteroatoms. The largest absolute Gasteiger partial charge is 0.227 e. The first-order chi connectivity index (χ1) is 4.72. The monoisotopic (exact) mass is 175 g/mol. The molecule has 53 valence electrons. The van der Waals surface area contributed by atoms with E-state index in [-0.39, 0.29) is 9.92 Å². The molecule has 2 nitrogen and oxygen atoms in total. The van der Waals surface area contributed by atoms with Gasteiger partial charge in [0.1, 0.15) is 0 Å². The Labute approximate surface area is 65.4 Å². The zero-order valence-corrected chi connectivity index (χ0v) is 6.52. The number of rotatable bonds is 1. The summed E-state index contributed by atoms with van der Waals surface area (Å²) in [4.78, 5) is 0.149. The SMILES string of the molecule is O=[SH](=O)c1cc[c]cc1Cl. The van der Waals surface area contributed by atoms with Gasteiger partial charge in [-0.05, 0) is 18.2 Å². The molecular weight excluding hydrogens is 172 g/mol. The summed E-state index contributed by atoms with van der Waals surface area (Å²) < 4.78 is 20.7. The van der Waals surface area contributed by atoms with Crippen molar-refractivity contribution in [2.75, 3.05) is 0 Å². The van der Waals surface area contributed by atoms with Gasteiger partial charge >= 0.3 is 0 Å². The van der Waals surface area contributed by atoms with Gasteiger partial charge in [0.05, 0.1) is 9.92 Å². The average Bonchev–Trinajstić information content (AvgIpc) is 1.88. The van der Waals surface area contributed by atoms with E-state index in [1.165, 1.54) is 18.2 Å². The van der Waals surface area contributed by atoms with Crippen LogP contribution >= 0.6 is 11.6 Å². The molecule has 1 rings (SSSR count). The van der Waals surface area contributed by atoms with Crippen molar-refractivity contribution in [1.82, 2.24) is 0 Å². The van der Waals surface area contributed by atoms with E-state index in [1.54, 1.807) is 0 Å². The molecule has 0 aliphatic carbocycles. The van der Waals surface area contributed by atoms with Crippen LogP contribution in [0.15, 0.2) is 23.1 Å². The maximum absolute atomic E-state index is 10.4. The second-order valence-electron chi connectivity index (χ2n) is 1.63. The Hall–Kier alpha value is -0.540. The summed E-state index contributed by atoms with van der Waals surface area (Å²) in [5, 5.41) is 0.221. The molecule has 0 aliphatic rings. The molecule has 0 unspecified atom stereocenters. The van der Waals surface area contributed by atoms with E-state index in [9.17, 15) is 8.42 Å². The van der Waals surface area contributed by atoms with Crippen LogP contribution in [0.1, 0.15) is 0 Å². The first-order valence-corrected chi connectivity index (χ1v) is 4.07. The number of benzene rings is 1. The predicted octanol–water partition coefficient (Wildman–Crippen LogP) is 1.11. The highest BCUT2D eigenvalue weighted by Crippen LogP contribution is 2.14. The second kappa shape index (κ2) is 3.03. The van der Waals surface area contributed by atoms with Crippen LogP contribution in [0.4, 0.5) is 0 Å². The molecule has 1 aromatic rings. The number of halogens is 1. The van der Waals surface area contributed by atoms with Crippen LogP contribution in [0.2, 0.25) is 5.02 Å². The Morgan fingerprint density at radius 2 is 2.20 bits per heavy atom. The van der Waals surface area contributed by atoms with Gasteiger partial charge in [-0.25, -0.2) is 8.42 Å². The van der Waals surface area contributed by atoms with Gasteiger partial charge in [-0.1, -0.05) is 17.7 Å². The van der Waals surface area contributed by atoms with Crippen LogP contribution in [0.5, 0.6) is 0 Å². The first-order valence-electron chi connectivity index (χ1n) is 2.52. The zero-order valence-electron chi connectivity index (χ0n) is 4.87. The Balaban J connectivity index is 3.28. The molecule has 10 heavy (non-hydrogen) atoms. The normalized spacial score (nSPS) is 10.2. The van der Waals surface area contributed by atoms with Crippen molar-refractivity contribution in [2.45, 2.75) is 4.90 Å². The van der Waals surface area contributed by atoms with Crippen LogP contribution in [-0.2, 0) is 10.7 Å². The van der Waals surface area contributed by atoms with E-state index in [0.717, 1.165) is 0 Å². The summed E-state index contributed by atoms with van der Waals surface area (Å²) in [5.41, 5.74) is 0. The molecule has 0 heterocycles. The van der Waals surface area contributed by atoms with Gasteiger partial charge in [-0.15, -0.1) is 0 Å². The van der Waals surface area contributed by atoms with E-state index >= 15 is 0 Å². The quantitative estimate of drug-likeness (QED) is 0.649. The minimum absolute atomic E-state index is 0.149. The maximum Gasteiger partial charge on any atom is 0.169 e. The summed E-state index contributed by atoms with van der Waals surface area (Å²) in [6.07, 6.45) is 0. The van der Waals surface area contributed by atoms with Crippen LogP contribution in [0.25, 0.3) is 0 Å². The molecule has 0 N–H and O–H groups in total. The van der Waals surface area contributed by atoms with Crippen molar-refractivity contribution in [2.24, 2.45) is 0 Å². The first kappa shape index (κ1) is 7.57. The van der Waals surface area contributed by atoms with Crippen molar-refractivity contribution in [3.8, 4) is 0 Å². The van der Waals surface area contributed by atoms with Crippen molar-refractivity contribution in [3.63, 3.8) is 0 Å². The molecule has 0 amide bonds. The molecular formula is C6H4ClO2S. The molecule has 0 aliphatic heterocycles. The lowest BCUT2D eigenvalue weighted by Gasteiger charge is -1.90. The van der Waals surface area contributed by atoms with Gasteiger partial charge < -0.3 is 0 Å². The summed E-state index contributed by atoms with van der Waals surface area (Å²) in [6, 6.07) is 6.99. The van der Waals surface area contributed by atoms with Gasteiger partial charge in [-0.3, -0.25) is 0 Å². The third-order valence-electron chi connectivity index (χ3n) is 0.989. The minimum Gasteiger partial charge on any atom is -0.227 e. The van der Waals surface area contributed by atoms with E-state index in [2.05, 4.69) is 6.07 Å². The van der Waals surface area contributed by atoms with Crippen LogP contribution in [0.3, 0.4) is 0 Å². The summed E-state index contributed by atoms with van der Waals surface area (Å²) >= 11 is 5.50. The third kappa shape index (κ3) is 1.49. The predicted molar refractivity (Wildman–Crippen MR) is 38.9 cm³/mol. The second-order valence-corrected chi connectivity index (χ2v) is 3.04. The van der Waals surface area contributed by atoms with Crippen molar-refractivity contribution < 1.29 is 8.42 Å². The molecule has 0 fully saturated rings. The lowest BCUT2D eigenvalue weighted by molar-refractivity contribution is 0.614. The smallest absolute Gasteiger partial charge is 0.169 e. The highest BCUT2D eigenvalue weighted by Gasteiger charge is 1.98. The fraction of sp³-hybridized carbons (Fsp3) is 0. The topological polar surface area (TPSA) is 34.1 Å². The Morgan fingerprint density at radius 3 is 2.60 bits per heavy atom. The van der Waals surface area contributed by atoms with Crippen LogP contribution in [0, 0.1) is 6.07 Å². The summed E-state index contributed by atoms with van der Waals surface area (Å²) in [5.74, 6) is 0. The molecule has 0 aromatic heterocycles. The molecule has 0 atom stereocenters. The van der Waals surface area contributed by atoms with E-state index in [4.69, 9.17) is 11.6 Å². The zero-order chi connectivity index (χ0) is 7.56. The Bertz CT molecular complexity index is 298. The minimum atomic E-state index is -2.57. The lowest BCUT2D eigenvalue weighted by atomic mass is 10.4. The van der Waals surface area contributed by atoms with Crippen LogP contribution in [-0.4, -0.2) is 8.42 Å². The molecule has 0 bridgehead atoms. The number of thiol groups is 1. The molecule has 1 radical (unpaired) electrons. The molecule has 0 spiro atoms. The van der Waals surface area contributed by atoms with Gasteiger partial charge in [0.15, 0.2) is 10.7 Å². The van der Waals surface area contributed by atoms with Crippen molar-refractivity contribution >= 4 is 22.3 Å². The Morgan fingerprint density at radius 1 is 1.50 bits per heavy atom. The van der Waals surface area contributed by atoms with Gasteiger partial charge in [0.25, 0.3) is 0 Å². The standard InChI is InChI=1S/C6H4ClO2S/c7-5-3-1-2-4-6(5)10(8)9/h2-4,10H. The summed E-state index contributed by atoms with van der Waals surface area (Å²) in [6.45, 7) is 0. The number of hydrogen-bond donors (Lipinski definition) is 1. The average molecular weight is 176 g/mol. The number of hydrogen-bond acceptors (Lipinski definition) is 2. The third-order valence-corrected chi connectivity index (χ3v) is 2.22. The fourth-order valence-corrected chi connectivity index (χ4v) is 1.32. The van der Waals surface area contributed by atoms with Gasteiger partial charge in [0, 0.05) is 0 Å². The van der Waals surface area contributed by atoms with Crippen LogP contribution < -0.4 is 0 Å². The molecule has 0 saturated heterocycles. The highest BCUT2D eigenvalue weighted by atomic mass is 35.5. The molecule has 0 saturated carbocycles. The highest BCUT2D eigenvalue weighted by molar-refractivity contribution is 7.72. The van der Waals surface area contributed by atoms with Crippen molar-refractivity contribution in [3.05, 3.63) is 29.3 Å². The van der Waals surface area contributed by atoms with E-state index in [1.807, 2.05) is 0 Å². The molecule has 1 aromatic carbocycles. The van der Waals surface area contributed by atoms with E-state index < -0.39 is 10.7 Å². The van der Waals surface area contributed by atoms with Crippen molar-refractivity contribution in [1.29, 1.82) is 0 Å².